The van der Waals surface area contributed by atoms with Gasteiger partial charge in [-0.2, -0.15) is 0 Å². The topological polar surface area (TPSA) is 37.4 Å². The first-order valence-corrected chi connectivity index (χ1v) is 7.29. The van der Waals surface area contributed by atoms with Gasteiger partial charge in [0.05, 0.1) is 17.5 Å². The molecule has 4 atom stereocenters. The van der Waals surface area contributed by atoms with Crippen LogP contribution in [0.5, 0.6) is 0 Å². The molecule has 3 aliphatic carbocycles. The Morgan fingerprint density at radius 3 is 2.10 bits per heavy atom. The van der Waals surface area contributed by atoms with Crippen LogP contribution in [0.15, 0.2) is 36.4 Å². The van der Waals surface area contributed by atoms with E-state index in [9.17, 15) is 9.59 Å². The molecule has 0 radical (unpaired) electrons. The number of carbonyl (C=O) groups excluding carboxylic acids is 2. The van der Waals surface area contributed by atoms with Crippen LogP contribution in [0.1, 0.15) is 18.4 Å². The average molecular weight is 267 g/mol. The first-order valence-electron chi connectivity index (χ1n) is 7.29. The van der Waals surface area contributed by atoms with Gasteiger partial charge in [0.15, 0.2) is 0 Å². The first-order chi connectivity index (χ1) is 9.66. The van der Waals surface area contributed by atoms with Gasteiger partial charge < -0.3 is 0 Å². The maximum atomic E-state index is 12.7. The zero-order valence-electron chi connectivity index (χ0n) is 11.5. The third-order valence-electron chi connectivity index (χ3n) is 5.02. The summed E-state index contributed by atoms with van der Waals surface area (Å²) in [5.41, 5.74) is 1.80. The highest BCUT2D eigenvalue weighted by molar-refractivity contribution is 6.22. The summed E-state index contributed by atoms with van der Waals surface area (Å²) in [5.74, 6) is 0.292. The highest BCUT2D eigenvalue weighted by Gasteiger charge is 2.56. The summed E-state index contributed by atoms with van der Waals surface area (Å²) in [6.45, 7) is 1.98. The fourth-order valence-electron chi connectivity index (χ4n) is 4.10. The number of hydrogen-bond acceptors (Lipinski definition) is 2. The van der Waals surface area contributed by atoms with Gasteiger partial charge in [0.1, 0.15) is 0 Å². The minimum atomic E-state index is -0.119. The van der Waals surface area contributed by atoms with E-state index in [-0.39, 0.29) is 35.5 Å². The van der Waals surface area contributed by atoms with Crippen molar-refractivity contribution < 1.29 is 9.59 Å². The van der Waals surface area contributed by atoms with E-state index >= 15 is 0 Å². The lowest BCUT2D eigenvalue weighted by Crippen LogP contribution is -2.38. The van der Waals surface area contributed by atoms with Crippen molar-refractivity contribution in [2.45, 2.75) is 19.8 Å². The van der Waals surface area contributed by atoms with Crippen molar-refractivity contribution in [2.24, 2.45) is 23.7 Å². The number of amides is 2. The molecule has 1 heterocycles. The Balaban J connectivity index is 1.77. The Morgan fingerprint density at radius 1 is 1.00 bits per heavy atom. The third-order valence-corrected chi connectivity index (χ3v) is 5.02. The van der Waals surface area contributed by atoms with E-state index in [2.05, 4.69) is 12.2 Å². The molecule has 0 unspecified atom stereocenters. The second-order valence-corrected chi connectivity index (χ2v) is 6.19. The van der Waals surface area contributed by atoms with Crippen LogP contribution in [0.2, 0.25) is 0 Å². The molecule has 0 aromatic heterocycles. The fraction of sp³-hybridized carbons (Fsp3) is 0.412. The first kappa shape index (κ1) is 11.9. The predicted molar refractivity (Wildman–Crippen MR) is 76.0 cm³/mol. The van der Waals surface area contributed by atoms with Crippen molar-refractivity contribution in [1.82, 2.24) is 0 Å². The molecule has 2 fully saturated rings. The number of carbonyl (C=O) groups is 2. The fourth-order valence-corrected chi connectivity index (χ4v) is 4.10. The maximum absolute atomic E-state index is 12.7. The van der Waals surface area contributed by atoms with Gasteiger partial charge in [0.2, 0.25) is 11.8 Å². The number of benzene rings is 1. The number of imide groups is 1. The van der Waals surface area contributed by atoms with Gasteiger partial charge in [-0.25, -0.2) is 0 Å². The molecule has 1 saturated heterocycles. The van der Waals surface area contributed by atoms with Crippen LogP contribution >= 0.6 is 0 Å². The molecule has 102 valence electrons. The summed E-state index contributed by atoms with van der Waals surface area (Å²) >= 11 is 0. The standard InChI is InChI=1S/C17H17NO2/c1-10-3-2-4-13(9-10)18-16(19)14-11-5-6-12(8-7-11)15(14)17(18)20/h2-6,9,11-12,14-15H,7-8H2,1H3/t11-,12-,14-,15-/m1/s1. The van der Waals surface area contributed by atoms with Gasteiger partial charge in [0.25, 0.3) is 0 Å². The summed E-state index contributed by atoms with van der Waals surface area (Å²) < 4.78 is 0. The SMILES string of the molecule is Cc1cccc(N2C(=O)[C@H]3[C@H](C2=O)[C@@H]2C=C[C@@H]3CC2)c1. The van der Waals surface area contributed by atoms with Crippen LogP contribution in [-0.4, -0.2) is 11.8 Å². The van der Waals surface area contributed by atoms with Crippen LogP contribution in [0.25, 0.3) is 0 Å². The number of rotatable bonds is 1. The summed E-state index contributed by atoms with van der Waals surface area (Å²) in [6.07, 6.45) is 6.40. The van der Waals surface area contributed by atoms with Crippen molar-refractivity contribution in [3.8, 4) is 0 Å². The maximum Gasteiger partial charge on any atom is 0.238 e. The molecule has 20 heavy (non-hydrogen) atoms. The van der Waals surface area contributed by atoms with E-state index in [1.165, 1.54) is 4.90 Å². The third kappa shape index (κ3) is 1.46. The van der Waals surface area contributed by atoms with Gasteiger partial charge in [0, 0.05) is 0 Å². The molecule has 0 N–H and O–H groups in total. The Kier molecular flexibility index (Phi) is 2.40. The predicted octanol–water partition coefficient (Wildman–Crippen LogP) is 2.70. The molecule has 3 heteroatoms. The zero-order chi connectivity index (χ0) is 13.9. The molecule has 1 aliphatic heterocycles. The van der Waals surface area contributed by atoms with E-state index in [0.717, 1.165) is 24.1 Å². The summed E-state index contributed by atoms with van der Waals surface area (Å²) in [5, 5.41) is 0. The van der Waals surface area contributed by atoms with Crippen molar-refractivity contribution in [3.05, 3.63) is 42.0 Å². The molecule has 4 aliphatic rings. The molecule has 1 saturated carbocycles. The van der Waals surface area contributed by atoms with Crippen molar-refractivity contribution in [1.29, 1.82) is 0 Å². The highest BCUT2D eigenvalue weighted by Crippen LogP contribution is 2.50. The van der Waals surface area contributed by atoms with Crippen molar-refractivity contribution >= 4 is 17.5 Å². The lowest BCUT2D eigenvalue weighted by atomic mass is 9.63. The number of nitrogens with zero attached hydrogens (tertiary/aromatic N) is 1. The molecular formula is C17H17NO2. The number of aryl methyl sites for hydroxylation is 1. The minimum absolute atomic E-state index is 0.00431. The van der Waals surface area contributed by atoms with Crippen LogP contribution < -0.4 is 4.90 Å². The zero-order valence-corrected chi connectivity index (χ0v) is 11.5. The van der Waals surface area contributed by atoms with Crippen molar-refractivity contribution in [2.75, 3.05) is 4.90 Å². The molecule has 0 spiro atoms. The van der Waals surface area contributed by atoms with Gasteiger partial charge in [-0.3, -0.25) is 14.5 Å². The Bertz CT molecular complexity index is 602. The lowest BCUT2D eigenvalue weighted by molar-refractivity contribution is -0.124. The molecule has 5 rings (SSSR count). The largest absolute Gasteiger partial charge is 0.274 e. The normalized spacial score (nSPS) is 34.8. The van der Waals surface area contributed by atoms with Gasteiger partial charge in [-0.15, -0.1) is 0 Å². The van der Waals surface area contributed by atoms with E-state index < -0.39 is 0 Å². The monoisotopic (exact) mass is 267 g/mol. The van der Waals surface area contributed by atoms with E-state index in [4.69, 9.17) is 0 Å². The van der Waals surface area contributed by atoms with Gasteiger partial charge >= 0.3 is 0 Å². The number of anilines is 1. The number of allylic oxidation sites excluding steroid dienone is 2. The Morgan fingerprint density at radius 2 is 1.60 bits per heavy atom. The Hall–Kier alpha value is -1.90. The van der Waals surface area contributed by atoms with Crippen LogP contribution in [-0.2, 0) is 9.59 Å². The quantitative estimate of drug-likeness (QED) is 0.579. The molecule has 1 aromatic carbocycles. The van der Waals surface area contributed by atoms with E-state index in [1.807, 2.05) is 31.2 Å². The van der Waals surface area contributed by atoms with Crippen LogP contribution in [0, 0.1) is 30.6 Å². The number of hydrogen-bond donors (Lipinski definition) is 0. The van der Waals surface area contributed by atoms with Gasteiger partial charge in [-0.1, -0.05) is 24.3 Å². The van der Waals surface area contributed by atoms with Gasteiger partial charge in [-0.05, 0) is 49.3 Å². The van der Waals surface area contributed by atoms with Crippen molar-refractivity contribution in [3.63, 3.8) is 0 Å². The lowest BCUT2D eigenvalue weighted by Gasteiger charge is -2.38. The van der Waals surface area contributed by atoms with Crippen LogP contribution in [0.3, 0.4) is 0 Å². The average Bonchev–Trinajstić information content (AvgIpc) is 2.74. The molecule has 2 amide bonds. The molecule has 2 bridgehead atoms. The second kappa shape index (κ2) is 4.05. The smallest absolute Gasteiger partial charge is 0.238 e. The minimum Gasteiger partial charge on any atom is -0.274 e. The van der Waals surface area contributed by atoms with E-state index in [0.29, 0.717) is 0 Å². The Labute approximate surface area is 118 Å². The number of fused-ring (bicyclic) bond motifs is 1. The summed E-state index contributed by atoms with van der Waals surface area (Å²) in [4.78, 5) is 26.9. The molecule has 1 aromatic rings. The molecular weight excluding hydrogens is 250 g/mol. The van der Waals surface area contributed by atoms with Crippen LogP contribution in [0.4, 0.5) is 5.69 Å². The highest BCUT2D eigenvalue weighted by atomic mass is 16.2. The summed E-state index contributed by atoms with van der Waals surface area (Å²) in [6, 6.07) is 7.66. The second-order valence-electron chi connectivity index (χ2n) is 6.19. The molecule has 3 nitrogen and oxygen atoms in total. The van der Waals surface area contributed by atoms with E-state index in [1.54, 1.807) is 0 Å². The summed E-state index contributed by atoms with van der Waals surface area (Å²) in [7, 11) is 0.